The molecule has 47 heavy (non-hydrogen) atoms. The number of furan rings is 1. The van der Waals surface area contributed by atoms with Gasteiger partial charge in [-0.15, -0.1) is 0 Å². The second-order valence-electron chi connectivity index (χ2n) is 10.8. The molecule has 0 bridgehead atoms. The Morgan fingerprint density at radius 1 is 1.06 bits per heavy atom. The van der Waals surface area contributed by atoms with Gasteiger partial charge in [-0.1, -0.05) is 41.7 Å². The minimum atomic E-state index is -0.816. The number of benzene rings is 3. The SMILES string of the molecule is CCN(CC)C(=O)C1=C(C)N=c2s/c(=C/c3ccc(-c4cc([N+](=O)[O-])ccc4OC)o3)c(=O)n2[C@@H]1c1c(OC)ccc2ccccc12. The lowest BCUT2D eigenvalue weighted by Gasteiger charge is -2.30. The van der Waals surface area contributed by atoms with E-state index in [1.54, 1.807) is 41.7 Å². The third kappa shape index (κ3) is 5.50. The predicted molar refractivity (Wildman–Crippen MR) is 180 cm³/mol. The smallest absolute Gasteiger partial charge is 0.271 e. The molecule has 2 aromatic heterocycles. The summed E-state index contributed by atoms with van der Waals surface area (Å²) < 4.78 is 19.2. The van der Waals surface area contributed by atoms with E-state index in [1.165, 1.54) is 36.6 Å². The quantitative estimate of drug-likeness (QED) is 0.153. The minimum Gasteiger partial charge on any atom is -0.496 e. The lowest BCUT2D eigenvalue weighted by molar-refractivity contribution is -0.384. The van der Waals surface area contributed by atoms with E-state index in [-0.39, 0.29) is 17.2 Å². The number of methoxy groups -OCH3 is 2. The van der Waals surface area contributed by atoms with E-state index in [0.29, 0.717) is 67.8 Å². The molecule has 0 fully saturated rings. The number of ether oxygens (including phenoxy) is 2. The summed E-state index contributed by atoms with van der Waals surface area (Å²) in [4.78, 5) is 46.4. The molecule has 5 aromatic rings. The Balaban J connectivity index is 1.56. The lowest BCUT2D eigenvalue weighted by Crippen LogP contribution is -2.43. The van der Waals surface area contributed by atoms with Crippen molar-refractivity contribution in [2.75, 3.05) is 27.3 Å². The average Bonchev–Trinajstić information content (AvgIpc) is 3.67. The number of rotatable bonds is 9. The standard InChI is InChI=1S/C35H32N4O7S/c1-6-37(7-2)34(41)30-20(3)36-35-38(32(30)31-24-11-9-8-10-21(24)12-15-28(31)45-5)33(40)29(47-35)19-23-14-17-27(46-23)25-18-22(39(42)43)13-16-26(25)44-4/h8-19,32H,6-7H2,1-5H3/b29-19+/t32-/m0/s1. The van der Waals surface area contributed by atoms with Crippen LogP contribution in [0, 0.1) is 10.1 Å². The Hall–Kier alpha value is -5.49. The number of fused-ring (bicyclic) bond motifs is 2. The van der Waals surface area contributed by atoms with Crippen LogP contribution in [0.15, 0.2) is 92.2 Å². The summed E-state index contributed by atoms with van der Waals surface area (Å²) in [6, 6.07) is 18.4. The van der Waals surface area contributed by atoms with Gasteiger partial charge in [-0.2, -0.15) is 0 Å². The van der Waals surface area contributed by atoms with Crippen LogP contribution >= 0.6 is 11.3 Å². The van der Waals surface area contributed by atoms with Crippen molar-refractivity contribution in [1.29, 1.82) is 0 Å². The fraction of sp³-hybridized carbons (Fsp3) is 0.229. The molecule has 1 amide bonds. The first-order valence-electron chi connectivity index (χ1n) is 15.0. The van der Waals surface area contributed by atoms with Gasteiger partial charge in [-0.05, 0) is 55.8 Å². The van der Waals surface area contributed by atoms with Crippen molar-refractivity contribution in [2.45, 2.75) is 26.8 Å². The molecule has 1 aliphatic rings. The first kappa shape index (κ1) is 31.5. The number of amides is 1. The van der Waals surface area contributed by atoms with Crippen molar-refractivity contribution >= 4 is 39.8 Å². The molecular weight excluding hydrogens is 620 g/mol. The Bertz CT molecular complexity index is 2260. The summed E-state index contributed by atoms with van der Waals surface area (Å²) >= 11 is 1.18. The Morgan fingerprint density at radius 2 is 1.79 bits per heavy atom. The van der Waals surface area contributed by atoms with Crippen molar-refractivity contribution < 1.29 is 23.6 Å². The van der Waals surface area contributed by atoms with E-state index < -0.39 is 11.0 Å². The van der Waals surface area contributed by atoms with Crippen molar-refractivity contribution in [3.8, 4) is 22.8 Å². The molecule has 0 N–H and O–H groups in total. The molecule has 0 saturated carbocycles. The molecule has 1 aliphatic heterocycles. The predicted octanol–water partition coefficient (Wildman–Crippen LogP) is 5.44. The number of thiazole rings is 1. The van der Waals surface area contributed by atoms with Crippen LogP contribution in [0.1, 0.15) is 38.1 Å². The zero-order valence-electron chi connectivity index (χ0n) is 26.5. The number of nitrogens with zero attached hydrogens (tertiary/aromatic N) is 4. The highest BCUT2D eigenvalue weighted by Crippen LogP contribution is 2.41. The van der Waals surface area contributed by atoms with Crippen molar-refractivity contribution in [3.05, 3.63) is 119 Å². The zero-order chi connectivity index (χ0) is 33.4. The molecule has 3 aromatic carbocycles. The molecule has 0 saturated heterocycles. The normalized spacial score (nSPS) is 14.6. The van der Waals surface area contributed by atoms with Crippen LogP contribution in [0.2, 0.25) is 0 Å². The molecule has 0 radical (unpaired) electrons. The summed E-state index contributed by atoms with van der Waals surface area (Å²) in [5.41, 5.74) is 1.56. The average molecular weight is 653 g/mol. The number of carbonyl (C=O) groups is 1. The number of likely N-dealkylation sites (N-methyl/N-ethyl adjacent to an activating group) is 1. The maximum Gasteiger partial charge on any atom is 0.271 e. The van der Waals surface area contributed by atoms with Gasteiger partial charge in [-0.3, -0.25) is 24.3 Å². The fourth-order valence-corrected chi connectivity index (χ4v) is 7.02. The Kier molecular flexibility index (Phi) is 8.52. The minimum absolute atomic E-state index is 0.110. The van der Waals surface area contributed by atoms with E-state index in [2.05, 4.69) is 0 Å². The van der Waals surface area contributed by atoms with Gasteiger partial charge in [0, 0.05) is 36.9 Å². The van der Waals surface area contributed by atoms with Crippen molar-refractivity contribution in [1.82, 2.24) is 9.47 Å². The second kappa shape index (κ2) is 12.7. The van der Waals surface area contributed by atoms with Gasteiger partial charge in [0.1, 0.15) is 29.1 Å². The zero-order valence-corrected chi connectivity index (χ0v) is 27.3. The van der Waals surface area contributed by atoms with Crippen LogP contribution in [-0.4, -0.2) is 47.6 Å². The van der Waals surface area contributed by atoms with Gasteiger partial charge < -0.3 is 18.8 Å². The third-order valence-electron chi connectivity index (χ3n) is 8.29. The second-order valence-corrected chi connectivity index (χ2v) is 11.8. The highest BCUT2D eigenvalue weighted by molar-refractivity contribution is 7.07. The third-order valence-corrected chi connectivity index (χ3v) is 9.27. The topological polar surface area (TPSA) is 129 Å². The lowest BCUT2D eigenvalue weighted by atomic mass is 9.90. The Morgan fingerprint density at radius 3 is 2.49 bits per heavy atom. The fourth-order valence-electron chi connectivity index (χ4n) is 5.99. The van der Waals surface area contributed by atoms with Gasteiger partial charge in [0.15, 0.2) is 4.80 Å². The maximum atomic E-state index is 14.4. The first-order valence-corrected chi connectivity index (χ1v) is 15.8. The van der Waals surface area contributed by atoms with E-state index >= 15 is 0 Å². The summed E-state index contributed by atoms with van der Waals surface area (Å²) in [5, 5.41) is 13.2. The number of carbonyl (C=O) groups excluding carboxylic acids is 1. The molecule has 0 aliphatic carbocycles. The van der Waals surface area contributed by atoms with Crippen LogP contribution in [0.5, 0.6) is 11.5 Å². The van der Waals surface area contributed by atoms with Crippen LogP contribution in [-0.2, 0) is 4.79 Å². The molecule has 0 spiro atoms. The molecule has 6 rings (SSSR count). The molecule has 0 unspecified atom stereocenters. The van der Waals surface area contributed by atoms with Gasteiger partial charge >= 0.3 is 0 Å². The number of aromatic nitrogens is 1. The monoisotopic (exact) mass is 652 g/mol. The summed E-state index contributed by atoms with van der Waals surface area (Å²) in [7, 11) is 3.04. The number of non-ortho nitro benzene ring substituents is 1. The maximum absolute atomic E-state index is 14.4. The molecule has 3 heterocycles. The summed E-state index contributed by atoms with van der Waals surface area (Å²) in [6.07, 6.45) is 1.61. The number of hydrogen-bond acceptors (Lipinski definition) is 9. The van der Waals surface area contributed by atoms with Crippen molar-refractivity contribution in [2.24, 2.45) is 4.99 Å². The number of nitro benzene ring substituents is 1. The molecule has 11 nitrogen and oxygen atoms in total. The number of nitro groups is 1. The molecule has 1 atom stereocenters. The summed E-state index contributed by atoms with van der Waals surface area (Å²) in [5.74, 6) is 1.44. The van der Waals surface area contributed by atoms with E-state index in [9.17, 15) is 19.7 Å². The van der Waals surface area contributed by atoms with Crippen molar-refractivity contribution in [3.63, 3.8) is 0 Å². The molecule has 240 valence electrons. The highest BCUT2D eigenvalue weighted by atomic mass is 32.1. The Labute approximate surface area is 273 Å². The number of hydrogen-bond donors (Lipinski definition) is 0. The molecular formula is C35H32N4O7S. The van der Waals surface area contributed by atoms with Gasteiger partial charge in [0.05, 0.1) is 40.5 Å². The van der Waals surface area contributed by atoms with E-state index in [0.717, 1.165) is 10.8 Å². The van der Waals surface area contributed by atoms with Gasteiger partial charge in [-0.25, -0.2) is 4.99 Å². The van der Waals surface area contributed by atoms with Crippen LogP contribution in [0.3, 0.4) is 0 Å². The largest absolute Gasteiger partial charge is 0.496 e. The van der Waals surface area contributed by atoms with Crippen LogP contribution in [0.4, 0.5) is 5.69 Å². The van der Waals surface area contributed by atoms with Crippen LogP contribution < -0.4 is 24.4 Å². The first-order chi connectivity index (χ1) is 22.7. The van der Waals surface area contributed by atoms with E-state index in [1.807, 2.05) is 50.2 Å². The van der Waals surface area contributed by atoms with Gasteiger partial charge in [0.25, 0.3) is 17.2 Å². The van der Waals surface area contributed by atoms with E-state index in [4.69, 9.17) is 18.9 Å². The number of allylic oxidation sites excluding steroid dienone is 1. The highest BCUT2D eigenvalue weighted by Gasteiger charge is 2.36. The van der Waals surface area contributed by atoms with Gasteiger partial charge in [0.2, 0.25) is 0 Å². The summed E-state index contributed by atoms with van der Waals surface area (Å²) in [6.45, 7) is 6.61. The molecule has 12 heteroatoms. The van der Waals surface area contributed by atoms with Crippen LogP contribution in [0.25, 0.3) is 28.2 Å².